The summed E-state index contributed by atoms with van der Waals surface area (Å²) in [6, 6.07) is 46.9. The highest BCUT2D eigenvalue weighted by Gasteiger charge is 2.09. The molecule has 0 unspecified atom stereocenters. The van der Waals surface area contributed by atoms with Crippen LogP contribution in [0, 0.1) is 11.3 Å². The van der Waals surface area contributed by atoms with E-state index in [-0.39, 0.29) is 0 Å². The molecule has 7 rings (SSSR count). The zero-order chi connectivity index (χ0) is 25.5. The SMILES string of the molecule is N#Cc1ccc(-c2cccc3cc(-c4ccc5cc(-c6cccc7cccnc67)ccc5c4)ccc23)cc1. The van der Waals surface area contributed by atoms with Gasteiger partial charge in [-0.15, -0.1) is 0 Å². The number of fused-ring (bicyclic) bond motifs is 3. The molecular weight excluding hydrogens is 460 g/mol. The van der Waals surface area contributed by atoms with E-state index in [9.17, 15) is 0 Å². The molecule has 0 aliphatic heterocycles. The Balaban J connectivity index is 1.27. The van der Waals surface area contributed by atoms with E-state index in [0.717, 1.165) is 22.0 Å². The van der Waals surface area contributed by atoms with Crippen molar-refractivity contribution in [2.24, 2.45) is 0 Å². The predicted octanol–water partition coefficient (Wildman–Crippen LogP) is 9.41. The molecule has 2 heteroatoms. The Kier molecular flexibility index (Phi) is 5.20. The van der Waals surface area contributed by atoms with Gasteiger partial charge in [-0.1, -0.05) is 91.0 Å². The molecule has 0 saturated heterocycles. The van der Waals surface area contributed by atoms with Gasteiger partial charge >= 0.3 is 0 Å². The van der Waals surface area contributed by atoms with E-state index in [2.05, 4.69) is 108 Å². The van der Waals surface area contributed by atoms with Crippen LogP contribution in [0.1, 0.15) is 5.56 Å². The summed E-state index contributed by atoms with van der Waals surface area (Å²) in [6.45, 7) is 0. The average Bonchev–Trinajstić information content (AvgIpc) is 2.99. The summed E-state index contributed by atoms with van der Waals surface area (Å²) in [6.07, 6.45) is 1.86. The summed E-state index contributed by atoms with van der Waals surface area (Å²) in [4.78, 5) is 4.64. The molecule has 0 N–H and O–H groups in total. The van der Waals surface area contributed by atoms with Crippen LogP contribution in [0.2, 0.25) is 0 Å². The molecule has 0 atom stereocenters. The fraction of sp³-hybridized carbons (Fsp3) is 0. The fourth-order valence-electron chi connectivity index (χ4n) is 5.37. The van der Waals surface area contributed by atoms with Crippen LogP contribution in [0.3, 0.4) is 0 Å². The van der Waals surface area contributed by atoms with Gasteiger partial charge < -0.3 is 0 Å². The molecule has 0 fully saturated rings. The second-order valence-corrected chi connectivity index (χ2v) is 9.59. The van der Waals surface area contributed by atoms with Crippen molar-refractivity contribution in [2.45, 2.75) is 0 Å². The van der Waals surface area contributed by atoms with Crippen LogP contribution in [0.15, 0.2) is 134 Å². The van der Waals surface area contributed by atoms with Crippen LogP contribution < -0.4 is 0 Å². The third-order valence-corrected chi connectivity index (χ3v) is 7.32. The third kappa shape index (κ3) is 3.79. The lowest BCUT2D eigenvalue weighted by Crippen LogP contribution is -1.86. The molecule has 176 valence electrons. The van der Waals surface area contributed by atoms with Crippen LogP contribution in [-0.4, -0.2) is 4.98 Å². The van der Waals surface area contributed by atoms with Crippen LogP contribution in [0.25, 0.3) is 65.8 Å². The normalized spacial score (nSPS) is 11.1. The van der Waals surface area contributed by atoms with E-state index in [4.69, 9.17) is 5.26 Å². The van der Waals surface area contributed by atoms with E-state index in [1.165, 1.54) is 43.8 Å². The van der Waals surface area contributed by atoms with Gasteiger partial charge in [0, 0.05) is 17.1 Å². The molecule has 0 radical (unpaired) electrons. The summed E-state index contributed by atoms with van der Waals surface area (Å²) in [5.74, 6) is 0. The highest BCUT2D eigenvalue weighted by atomic mass is 14.6. The standard InChI is InChI=1S/C36H22N2/c37-23-24-9-11-25(12-10-24)33-7-2-5-31-21-30(17-18-34(31)33)27-13-14-29-22-32(16-15-28(29)20-27)35-8-1-4-26-6-3-19-38-36(26)35/h1-22H. The minimum atomic E-state index is 0.675. The number of hydrogen-bond donors (Lipinski definition) is 0. The number of pyridine rings is 1. The van der Waals surface area contributed by atoms with Gasteiger partial charge in [0.1, 0.15) is 0 Å². The monoisotopic (exact) mass is 482 g/mol. The van der Waals surface area contributed by atoms with E-state index in [1.807, 2.05) is 36.5 Å². The largest absolute Gasteiger partial charge is 0.256 e. The second-order valence-electron chi connectivity index (χ2n) is 9.59. The third-order valence-electron chi connectivity index (χ3n) is 7.32. The zero-order valence-corrected chi connectivity index (χ0v) is 20.6. The van der Waals surface area contributed by atoms with Crippen molar-refractivity contribution in [1.29, 1.82) is 5.26 Å². The van der Waals surface area contributed by atoms with Crippen LogP contribution in [0.4, 0.5) is 0 Å². The van der Waals surface area contributed by atoms with E-state index in [1.54, 1.807) is 0 Å². The highest BCUT2D eigenvalue weighted by Crippen LogP contribution is 2.34. The molecule has 1 heterocycles. The first-order chi connectivity index (χ1) is 18.8. The molecule has 2 nitrogen and oxygen atoms in total. The van der Waals surface area contributed by atoms with Gasteiger partial charge in [-0.25, -0.2) is 0 Å². The molecule has 38 heavy (non-hydrogen) atoms. The first-order valence-corrected chi connectivity index (χ1v) is 12.7. The Morgan fingerprint density at radius 3 is 1.87 bits per heavy atom. The molecule has 0 saturated carbocycles. The van der Waals surface area contributed by atoms with Crippen LogP contribution in [-0.2, 0) is 0 Å². The van der Waals surface area contributed by atoms with Crippen molar-refractivity contribution < 1.29 is 0 Å². The van der Waals surface area contributed by atoms with Crippen molar-refractivity contribution in [1.82, 2.24) is 4.98 Å². The van der Waals surface area contributed by atoms with Crippen molar-refractivity contribution in [3.63, 3.8) is 0 Å². The van der Waals surface area contributed by atoms with Gasteiger partial charge in [0.2, 0.25) is 0 Å². The van der Waals surface area contributed by atoms with E-state index < -0.39 is 0 Å². The van der Waals surface area contributed by atoms with Gasteiger partial charge in [-0.05, 0) is 85.8 Å². The molecule has 0 aliphatic rings. The Hall–Kier alpha value is -5.26. The van der Waals surface area contributed by atoms with Crippen molar-refractivity contribution in [3.05, 3.63) is 139 Å². The number of nitrogens with zero attached hydrogens (tertiary/aromatic N) is 2. The lowest BCUT2D eigenvalue weighted by atomic mass is 9.93. The lowest BCUT2D eigenvalue weighted by molar-refractivity contribution is 1.41. The van der Waals surface area contributed by atoms with Gasteiger partial charge in [0.05, 0.1) is 17.1 Å². The lowest BCUT2D eigenvalue weighted by Gasteiger charge is -2.11. The molecular formula is C36H22N2. The number of hydrogen-bond acceptors (Lipinski definition) is 2. The Bertz CT molecular complexity index is 2020. The smallest absolute Gasteiger partial charge is 0.0991 e. The summed E-state index contributed by atoms with van der Waals surface area (Å²) in [7, 11) is 0. The quantitative estimate of drug-likeness (QED) is 0.251. The summed E-state index contributed by atoms with van der Waals surface area (Å²) >= 11 is 0. The van der Waals surface area contributed by atoms with Gasteiger partial charge in [0.15, 0.2) is 0 Å². The Labute approximate surface area is 221 Å². The number of nitriles is 1. The predicted molar refractivity (Wildman–Crippen MR) is 158 cm³/mol. The zero-order valence-electron chi connectivity index (χ0n) is 20.6. The number of rotatable bonds is 3. The van der Waals surface area contributed by atoms with Crippen molar-refractivity contribution in [2.75, 3.05) is 0 Å². The number of benzene rings is 6. The van der Waals surface area contributed by atoms with Crippen molar-refractivity contribution >= 4 is 32.4 Å². The maximum Gasteiger partial charge on any atom is 0.0991 e. The van der Waals surface area contributed by atoms with Gasteiger partial charge in [-0.2, -0.15) is 5.26 Å². The summed E-state index contributed by atoms with van der Waals surface area (Å²) in [5, 5.41) is 15.1. The topological polar surface area (TPSA) is 36.7 Å². The molecule has 0 aliphatic carbocycles. The minimum Gasteiger partial charge on any atom is -0.256 e. The Morgan fingerprint density at radius 2 is 1.08 bits per heavy atom. The first-order valence-electron chi connectivity index (χ1n) is 12.7. The molecule has 6 aromatic carbocycles. The minimum absolute atomic E-state index is 0.675. The Morgan fingerprint density at radius 1 is 0.474 bits per heavy atom. The summed E-state index contributed by atoms with van der Waals surface area (Å²) in [5.41, 5.74) is 8.72. The van der Waals surface area contributed by atoms with Gasteiger partial charge in [0.25, 0.3) is 0 Å². The maximum absolute atomic E-state index is 9.13. The molecule has 7 aromatic rings. The number of para-hydroxylation sites is 1. The molecule has 0 spiro atoms. The summed E-state index contributed by atoms with van der Waals surface area (Å²) < 4.78 is 0. The van der Waals surface area contributed by atoms with Crippen LogP contribution in [0.5, 0.6) is 0 Å². The van der Waals surface area contributed by atoms with Crippen molar-refractivity contribution in [3.8, 4) is 39.4 Å². The van der Waals surface area contributed by atoms with E-state index in [0.29, 0.717) is 5.56 Å². The average molecular weight is 483 g/mol. The second kappa shape index (κ2) is 9.00. The van der Waals surface area contributed by atoms with E-state index >= 15 is 0 Å². The molecule has 1 aromatic heterocycles. The number of aromatic nitrogens is 1. The first kappa shape index (κ1) is 22.0. The highest BCUT2D eigenvalue weighted by molar-refractivity contribution is 6.00. The maximum atomic E-state index is 9.13. The van der Waals surface area contributed by atoms with Crippen LogP contribution >= 0.6 is 0 Å². The molecule has 0 amide bonds. The van der Waals surface area contributed by atoms with Gasteiger partial charge in [-0.3, -0.25) is 4.98 Å². The molecule has 0 bridgehead atoms. The fourth-order valence-corrected chi connectivity index (χ4v) is 5.37.